The lowest BCUT2D eigenvalue weighted by atomic mass is 10.2. The van der Waals surface area contributed by atoms with Crippen LogP contribution in [-0.4, -0.2) is 4.05 Å². The van der Waals surface area contributed by atoms with Crippen LogP contribution in [0.2, 0.25) is 0 Å². The molecule has 66 valence electrons. The van der Waals surface area contributed by atoms with E-state index in [0.717, 1.165) is 0 Å². The lowest BCUT2D eigenvalue weighted by Crippen LogP contribution is -2.09. The first kappa shape index (κ1) is 10.3. The Bertz CT molecular complexity index is 233. The van der Waals surface area contributed by atoms with Gasteiger partial charge in [0, 0.05) is 4.90 Å². The summed E-state index contributed by atoms with van der Waals surface area (Å²) in [6, 6.07) is 8.52. The Morgan fingerprint density at radius 1 is 1.33 bits per heavy atom. The van der Waals surface area contributed by atoms with Crippen LogP contribution in [0.25, 0.3) is 0 Å². The molecule has 0 bridgehead atoms. The van der Waals surface area contributed by atoms with Crippen molar-refractivity contribution in [3.63, 3.8) is 0 Å². The molecular weight excluding hydrogens is 281 g/mol. The van der Waals surface area contributed by atoms with Crippen molar-refractivity contribution in [3.8, 4) is 0 Å². The van der Waals surface area contributed by atoms with Crippen LogP contribution in [0.1, 0.15) is 12.5 Å². The second-order valence-corrected chi connectivity index (χ2v) is 5.43. The second kappa shape index (κ2) is 5.09. The minimum absolute atomic E-state index is 0.494. The second-order valence-electron chi connectivity index (χ2n) is 2.65. The van der Waals surface area contributed by atoms with Gasteiger partial charge in [0.1, 0.15) is 0 Å². The summed E-state index contributed by atoms with van der Waals surface area (Å²) in [4.78, 5) is 1.27. The van der Waals surface area contributed by atoms with Crippen LogP contribution in [0.3, 0.4) is 0 Å². The summed E-state index contributed by atoms with van der Waals surface area (Å²) in [6.45, 7) is 4.23. The van der Waals surface area contributed by atoms with Gasteiger partial charge in [0.25, 0.3) is 0 Å². The van der Waals surface area contributed by atoms with E-state index in [2.05, 4.69) is 65.4 Å². The fourth-order valence-electron chi connectivity index (χ4n) is 0.756. The third-order valence-corrected chi connectivity index (χ3v) is 3.07. The molecule has 1 aromatic carbocycles. The van der Waals surface area contributed by atoms with Crippen molar-refractivity contribution in [2.45, 2.75) is 22.8 Å². The largest absolute Gasteiger partial charge is 0.247 e. The van der Waals surface area contributed by atoms with Gasteiger partial charge in [0.15, 0.2) is 0 Å². The van der Waals surface area contributed by atoms with Gasteiger partial charge in [-0.3, -0.25) is 0 Å². The summed E-state index contributed by atoms with van der Waals surface area (Å²) in [5.41, 5.74) is 1.31. The van der Waals surface area contributed by atoms with Crippen LogP contribution in [0, 0.1) is 6.92 Å². The van der Waals surface area contributed by atoms with Crippen LogP contribution in [0.15, 0.2) is 29.2 Å². The summed E-state index contributed by atoms with van der Waals surface area (Å²) in [6.07, 6.45) is 0. The standard InChI is InChI=1S/C9H12INS/c1-7-3-5-9(6-4-7)12-11-8(2)10/h3-6,8,11H,1-2H3. The maximum absolute atomic E-state index is 3.28. The van der Waals surface area contributed by atoms with E-state index >= 15 is 0 Å². The highest BCUT2D eigenvalue weighted by Gasteiger charge is 1.95. The zero-order chi connectivity index (χ0) is 8.97. The SMILES string of the molecule is Cc1ccc(SNC(C)I)cc1. The molecule has 0 amide bonds. The molecule has 0 radical (unpaired) electrons. The van der Waals surface area contributed by atoms with Crippen LogP contribution in [-0.2, 0) is 0 Å². The molecule has 1 nitrogen and oxygen atoms in total. The van der Waals surface area contributed by atoms with E-state index in [0.29, 0.717) is 4.05 Å². The van der Waals surface area contributed by atoms with Gasteiger partial charge in [-0.25, -0.2) is 4.72 Å². The van der Waals surface area contributed by atoms with Gasteiger partial charge in [-0.2, -0.15) is 0 Å². The average Bonchev–Trinajstić information content (AvgIpc) is 2.03. The number of alkyl halides is 1. The van der Waals surface area contributed by atoms with Crippen molar-refractivity contribution in [2.24, 2.45) is 0 Å². The molecule has 0 aromatic heterocycles. The Hall–Kier alpha value is 0.260. The molecule has 3 heteroatoms. The van der Waals surface area contributed by atoms with E-state index in [1.165, 1.54) is 10.5 Å². The molecule has 1 unspecified atom stereocenters. The molecule has 0 saturated heterocycles. The van der Waals surface area contributed by atoms with Crippen LogP contribution < -0.4 is 4.72 Å². The minimum atomic E-state index is 0.494. The fraction of sp³-hybridized carbons (Fsp3) is 0.333. The maximum Gasteiger partial charge on any atom is 0.0662 e. The normalized spacial score (nSPS) is 12.9. The molecule has 0 aliphatic heterocycles. The van der Waals surface area contributed by atoms with Crippen LogP contribution in [0.4, 0.5) is 0 Å². The number of hydrogen-bond acceptors (Lipinski definition) is 2. The summed E-state index contributed by atoms with van der Waals surface area (Å²) in [7, 11) is 0. The molecule has 1 atom stereocenters. The van der Waals surface area contributed by atoms with Crippen molar-refractivity contribution < 1.29 is 0 Å². The lowest BCUT2D eigenvalue weighted by Gasteiger charge is -2.05. The third-order valence-electron chi connectivity index (χ3n) is 1.36. The molecule has 0 spiro atoms. The highest BCUT2D eigenvalue weighted by atomic mass is 127. The Balaban J connectivity index is 2.48. The summed E-state index contributed by atoms with van der Waals surface area (Å²) in [5, 5.41) is 0. The van der Waals surface area contributed by atoms with E-state index in [4.69, 9.17) is 0 Å². The molecule has 0 fully saturated rings. The van der Waals surface area contributed by atoms with Gasteiger partial charge < -0.3 is 0 Å². The number of nitrogens with one attached hydrogen (secondary N) is 1. The Kier molecular flexibility index (Phi) is 4.39. The zero-order valence-electron chi connectivity index (χ0n) is 7.17. The van der Waals surface area contributed by atoms with E-state index in [1.807, 2.05) is 0 Å². The van der Waals surface area contributed by atoms with Gasteiger partial charge in [-0.1, -0.05) is 40.3 Å². The highest BCUT2D eigenvalue weighted by Crippen LogP contribution is 2.16. The molecule has 1 N–H and O–H groups in total. The first-order valence-corrected chi connectivity index (χ1v) is 5.88. The third kappa shape index (κ3) is 3.78. The monoisotopic (exact) mass is 293 g/mol. The first-order chi connectivity index (χ1) is 5.68. The molecule has 12 heavy (non-hydrogen) atoms. The van der Waals surface area contributed by atoms with E-state index in [9.17, 15) is 0 Å². The molecule has 1 rings (SSSR count). The van der Waals surface area contributed by atoms with Crippen molar-refractivity contribution in [1.82, 2.24) is 4.72 Å². The smallest absolute Gasteiger partial charge is 0.0662 e. The number of benzene rings is 1. The Labute approximate surface area is 91.6 Å². The molecule has 0 saturated carbocycles. The summed E-state index contributed by atoms with van der Waals surface area (Å²) >= 11 is 4.02. The predicted octanol–water partition coefficient (Wildman–Crippen LogP) is 3.37. The maximum atomic E-state index is 3.28. The first-order valence-electron chi connectivity index (χ1n) is 3.81. The van der Waals surface area contributed by atoms with Gasteiger partial charge in [0.2, 0.25) is 0 Å². The average molecular weight is 293 g/mol. The lowest BCUT2D eigenvalue weighted by molar-refractivity contribution is 0.994. The van der Waals surface area contributed by atoms with Crippen LogP contribution in [0.5, 0.6) is 0 Å². The van der Waals surface area contributed by atoms with E-state index in [1.54, 1.807) is 11.9 Å². The number of hydrogen-bond donors (Lipinski definition) is 1. The topological polar surface area (TPSA) is 12.0 Å². The van der Waals surface area contributed by atoms with E-state index in [-0.39, 0.29) is 0 Å². The van der Waals surface area contributed by atoms with Crippen molar-refractivity contribution >= 4 is 34.5 Å². The van der Waals surface area contributed by atoms with Crippen LogP contribution >= 0.6 is 34.5 Å². The van der Waals surface area contributed by atoms with Crippen molar-refractivity contribution in [3.05, 3.63) is 29.8 Å². The number of rotatable bonds is 3. The molecule has 0 aliphatic rings. The minimum Gasteiger partial charge on any atom is -0.247 e. The van der Waals surface area contributed by atoms with Crippen molar-refractivity contribution in [2.75, 3.05) is 0 Å². The quantitative estimate of drug-likeness (QED) is 0.397. The fourth-order valence-corrected chi connectivity index (χ4v) is 1.71. The Morgan fingerprint density at radius 3 is 2.42 bits per heavy atom. The molecule has 0 aliphatic carbocycles. The zero-order valence-corrected chi connectivity index (χ0v) is 10.1. The number of aryl methyl sites for hydroxylation is 1. The molecule has 1 aromatic rings. The van der Waals surface area contributed by atoms with Gasteiger partial charge in [-0.05, 0) is 37.9 Å². The molecular formula is C9H12INS. The van der Waals surface area contributed by atoms with E-state index < -0.39 is 0 Å². The van der Waals surface area contributed by atoms with Crippen molar-refractivity contribution in [1.29, 1.82) is 0 Å². The highest BCUT2D eigenvalue weighted by molar-refractivity contribution is 14.1. The van der Waals surface area contributed by atoms with Gasteiger partial charge in [-0.15, -0.1) is 0 Å². The van der Waals surface area contributed by atoms with Gasteiger partial charge >= 0.3 is 0 Å². The Morgan fingerprint density at radius 2 is 1.92 bits per heavy atom. The summed E-state index contributed by atoms with van der Waals surface area (Å²) < 4.78 is 3.78. The number of halogens is 1. The summed E-state index contributed by atoms with van der Waals surface area (Å²) in [5.74, 6) is 0. The van der Waals surface area contributed by atoms with Gasteiger partial charge in [0.05, 0.1) is 4.05 Å². The predicted molar refractivity (Wildman–Crippen MR) is 63.7 cm³/mol. The molecule has 0 heterocycles.